The van der Waals surface area contributed by atoms with E-state index >= 15 is 0 Å². The van der Waals surface area contributed by atoms with Gasteiger partial charge in [0.15, 0.2) is 0 Å². The van der Waals surface area contributed by atoms with E-state index in [2.05, 4.69) is 21.2 Å². The van der Waals surface area contributed by atoms with Gasteiger partial charge in [-0.3, -0.25) is 4.79 Å². The first-order chi connectivity index (χ1) is 9.63. The van der Waals surface area contributed by atoms with Crippen LogP contribution in [0.3, 0.4) is 0 Å². The number of halogens is 2. The fraction of sp³-hybridized carbons (Fsp3) is 0.562. The molecule has 20 heavy (non-hydrogen) atoms. The van der Waals surface area contributed by atoms with Crippen LogP contribution in [0.15, 0.2) is 28.7 Å². The SMILES string of the molecule is O=C(Cc1cccc(Br)c1)NCC1(CCl)CCCCC1. The Morgan fingerprint density at radius 3 is 2.70 bits per heavy atom. The molecule has 1 aromatic rings. The summed E-state index contributed by atoms with van der Waals surface area (Å²) in [4.78, 5) is 12.1. The second-order valence-electron chi connectivity index (χ2n) is 5.78. The van der Waals surface area contributed by atoms with E-state index in [1.165, 1.54) is 19.3 Å². The van der Waals surface area contributed by atoms with Crippen LogP contribution in [0.2, 0.25) is 0 Å². The first kappa shape index (κ1) is 15.8. The van der Waals surface area contributed by atoms with Crippen molar-refractivity contribution < 1.29 is 4.79 Å². The number of carbonyl (C=O) groups excluding carboxylic acids is 1. The predicted octanol–water partition coefficient (Wildman–Crippen LogP) is 4.30. The fourth-order valence-corrected chi connectivity index (χ4v) is 3.65. The highest BCUT2D eigenvalue weighted by Gasteiger charge is 2.31. The minimum Gasteiger partial charge on any atom is -0.355 e. The lowest BCUT2D eigenvalue weighted by Gasteiger charge is -2.35. The zero-order valence-corrected chi connectivity index (χ0v) is 14.0. The first-order valence-corrected chi connectivity index (χ1v) is 8.53. The molecule has 0 radical (unpaired) electrons. The van der Waals surface area contributed by atoms with Gasteiger partial charge >= 0.3 is 0 Å². The number of hydrogen-bond acceptors (Lipinski definition) is 1. The van der Waals surface area contributed by atoms with Gasteiger partial charge in [0.25, 0.3) is 0 Å². The topological polar surface area (TPSA) is 29.1 Å². The standard InChI is InChI=1S/C16H21BrClNO/c17-14-6-4-5-13(9-14)10-15(20)19-12-16(11-18)7-2-1-3-8-16/h4-6,9H,1-3,7-8,10-12H2,(H,19,20). The summed E-state index contributed by atoms with van der Waals surface area (Å²) in [6.45, 7) is 0.712. The third kappa shape index (κ3) is 4.49. The van der Waals surface area contributed by atoms with E-state index in [4.69, 9.17) is 11.6 Å². The maximum absolute atomic E-state index is 12.1. The molecule has 1 aliphatic carbocycles. The minimum atomic E-state index is 0.0816. The highest BCUT2D eigenvalue weighted by Crippen LogP contribution is 2.36. The molecule has 1 aliphatic rings. The summed E-state index contributed by atoms with van der Waals surface area (Å²) in [5, 5.41) is 3.07. The molecular formula is C16H21BrClNO. The first-order valence-electron chi connectivity index (χ1n) is 7.21. The Morgan fingerprint density at radius 2 is 2.05 bits per heavy atom. The van der Waals surface area contributed by atoms with Crippen molar-refractivity contribution in [2.24, 2.45) is 5.41 Å². The average molecular weight is 359 g/mol. The number of alkyl halides is 1. The number of nitrogens with one attached hydrogen (secondary N) is 1. The van der Waals surface area contributed by atoms with E-state index in [9.17, 15) is 4.79 Å². The van der Waals surface area contributed by atoms with Crippen molar-refractivity contribution in [2.75, 3.05) is 12.4 Å². The normalized spacial score (nSPS) is 17.7. The molecule has 1 N–H and O–H groups in total. The molecule has 110 valence electrons. The highest BCUT2D eigenvalue weighted by molar-refractivity contribution is 9.10. The van der Waals surface area contributed by atoms with Crippen LogP contribution in [0.25, 0.3) is 0 Å². The minimum absolute atomic E-state index is 0.0816. The molecule has 0 aliphatic heterocycles. The molecule has 1 fully saturated rings. The van der Waals surface area contributed by atoms with Crippen molar-refractivity contribution in [3.63, 3.8) is 0 Å². The molecule has 0 spiro atoms. The Labute approximate surface area is 134 Å². The van der Waals surface area contributed by atoms with Gasteiger partial charge in [0.1, 0.15) is 0 Å². The molecule has 0 atom stereocenters. The molecule has 1 amide bonds. The van der Waals surface area contributed by atoms with Gasteiger partial charge in [-0.25, -0.2) is 0 Å². The van der Waals surface area contributed by atoms with Crippen molar-refractivity contribution in [3.05, 3.63) is 34.3 Å². The predicted molar refractivity (Wildman–Crippen MR) is 87.1 cm³/mol. The van der Waals surface area contributed by atoms with Crippen LogP contribution < -0.4 is 5.32 Å². The van der Waals surface area contributed by atoms with E-state index in [-0.39, 0.29) is 11.3 Å². The van der Waals surface area contributed by atoms with Gasteiger partial charge in [0.2, 0.25) is 5.91 Å². The molecule has 0 saturated heterocycles. The lowest BCUT2D eigenvalue weighted by Crippen LogP contribution is -2.40. The summed E-state index contributed by atoms with van der Waals surface area (Å²) in [7, 11) is 0. The monoisotopic (exact) mass is 357 g/mol. The number of carbonyl (C=O) groups is 1. The van der Waals surface area contributed by atoms with Crippen LogP contribution in [0, 0.1) is 5.41 Å². The van der Waals surface area contributed by atoms with Crippen LogP contribution in [0.1, 0.15) is 37.7 Å². The summed E-state index contributed by atoms with van der Waals surface area (Å²) in [6.07, 6.45) is 6.45. The number of benzene rings is 1. The second kappa shape index (κ2) is 7.46. The van der Waals surface area contributed by atoms with Crippen molar-refractivity contribution in [2.45, 2.75) is 38.5 Å². The van der Waals surface area contributed by atoms with E-state index < -0.39 is 0 Å². The zero-order chi connectivity index (χ0) is 14.4. The van der Waals surface area contributed by atoms with Crippen LogP contribution in [-0.2, 0) is 11.2 Å². The molecule has 0 bridgehead atoms. The van der Waals surface area contributed by atoms with Crippen LogP contribution >= 0.6 is 27.5 Å². The summed E-state index contributed by atoms with van der Waals surface area (Å²) in [6, 6.07) is 7.87. The summed E-state index contributed by atoms with van der Waals surface area (Å²) in [5.74, 6) is 0.725. The van der Waals surface area contributed by atoms with Gasteiger partial charge < -0.3 is 5.32 Å². The lowest BCUT2D eigenvalue weighted by atomic mass is 9.75. The largest absolute Gasteiger partial charge is 0.355 e. The summed E-state index contributed by atoms with van der Waals surface area (Å²) in [5.41, 5.74) is 1.15. The van der Waals surface area contributed by atoms with Crippen molar-refractivity contribution in [3.8, 4) is 0 Å². The van der Waals surface area contributed by atoms with Crippen molar-refractivity contribution in [1.82, 2.24) is 5.32 Å². The molecule has 2 rings (SSSR count). The van der Waals surface area contributed by atoms with Gasteiger partial charge in [-0.2, -0.15) is 0 Å². The van der Waals surface area contributed by atoms with E-state index in [1.54, 1.807) is 0 Å². The molecule has 1 aromatic carbocycles. The molecule has 4 heteroatoms. The van der Waals surface area contributed by atoms with Crippen LogP contribution in [-0.4, -0.2) is 18.3 Å². The summed E-state index contributed by atoms with van der Waals surface area (Å²) >= 11 is 9.57. The Hall–Kier alpha value is -0.540. The molecule has 1 saturated carbocycles. The van der Waals surface area contributed by atoms with Crippen LogP contribution in [0.4, 0.5) is 0 Å². The maximum Gasteiger partial charge on any atom is 0.224 e. The average Bonchev–Trinajstić information content (AvgIpc) is 2.46. The molecule has 0 aromatic heterocycles. The lowest BCUT2D eigenvalue weighted by molar-refractivity contribution is -0.121. The second-order valence-corrected chi connectivity index (χ2v) is 6.96. The van der Waals surface area contributed by atoms with E-state index in [1.807, 2.05) is 24.3 Å². The maximum atomic E-state index is 12.1. The van der Waals surface area contributed by atoms with Crippen molar-refractivity contribution in [1.29, 1.82) is 0 Å². The Balaban J connectivity index is 1.85. The van der Waals surface area contributed by atoms with Crippen molar-refractivity contribution >= 4 is 33.4 Å². The van der Waals surface area contributed by atoms with Gasteiger partial charge in [-0.15, -0.1) is 11.6 Å². The number of hydrogen-bond donors (Lipinski definition) is 1. The summed E-state index contributed by atoms with van der Waals surface area (Å²) < 4.78 is 1.01. The molecule has 2 nitrogen and oxygen atoms in total. The van der Waals surface area contributed by atoms with Gasteiger partial charge in [-0.1, -0.05) is 47.3 Å². The number of rotatable bonds is 5. The Bertz CT molecular complexity index is 458. The van der Waals surface area contributed by atoms with Gasteiger partial charge in [0.05, 0.1) is 6.42 Å². The smallest absolute Gasteiger partial charge is 0.224 e. The van der Waals surface area contributed by atoms with E-state index in [0.717, 1.165) is 22.9 Å². The van der Waals surface area contributed by atoms with Crippen LogP contribution in [0.5, 0.6) is 0 Å². The quantitative estimate of drug-likeness (QED) is 0.781. The highest BCUT2D eigenvalue weighted by atomic mass is 79.9. The van der Waals surface area contributed by atoms with E-state index in [0.29, 0.717) is 18.8 Å². The molecular weight excluding hydrogens is 338 g/mol. The Morgan fingerprint density at radius 1 is 1.30 bits per heavy atom. The third-order valence-corrected chi connectivity index (χ3v) is 5.17. The third-order valence-electron chi connectivity index (χ3n) is 4.11. The fourth-order valence-electron chi connectivity index (χ4n) is 2.84. The molecule has 0 heterocycles. The Kier molecular flexibility index (Phi) is 5.91. The van der Waals surface area contributed by atoms with Gasteiger partial charge in [0, 0.05) is 22.3 Å². The zero-order valence-electron chi connectivity index (χ0n) is 11.6. The molecule has 0 unspecified atom stereocenters. The number of amides is 1. The van der Waals surface area contributed by atoms with Gasteiger partial charge in [-0.05, 0) is 30.5 Å².